The number of rotatable bonds is 11. The van der Waals surface area contributed by atoms with E-state index in [1.165, 1.54) is 41.3 Å². The van der Waals surface area contributed by atoms with Gasteiger partial charge in [0.15, 0.2) is 0 Å². The molecule has 3 aromatic rings. The third-order valence-corrected chi connectivity index (χ3v) is 7.81. The minimum absolute atomic E-state index is 0.00240. The number of amides is 2. The molecule has 0 fully saturated rings. The van der Waals surface area contributed by atoms with Crippen LogP contribution in [0.2, 0.25) is 0 Å². The van der Waals surface area contributed by atoms with Crippen molar-refractivity contribution in [3.05, 3.63) is 95.8 Å². The van der Waals surface area contributed by atoms with Crippen LogP contribution in [0.5, 0.6) is 0 Å². The third kappa shape index (κ3) is 7.41. The Labute approximate surface area is 224 Å². The highest BCUT2D eigenvalue weighted by atomic mass is 32.2. The molecule has 0 bridgehead atoms. The number of aryl methyl sites for hydroxylation is 1. The molecule has 1 unspecified atom stereocenters. The molecule has 0 saturated carbocycles. The number of halogens is 1. The molecule has 0 spiro atoms. The van der Waals surface area contributed by atoms with Crippen LogP contribution in [0.4, 0.5) is 10.1 Å². The molecule has 0 saturated heterocycles. The Morgan fingerprint density at radius 2 is 1.58 bits per heavy atom. The molecule has 2 amide bonds. The molecule has 0 aliphatic rings. The number of anilines is 1. The number of hydrogen-bond donors (Lipinski definition) is 1. The molecule has 7 nitrogen and oxygen atoms in total. The molecule has 38 heavy (non-hydrogen) atoms. The zero-order valence-corrected chi connectivity index (χ0v) is 22.9. The molecule has 0 aromatic heterocycles. The van der Waals surface area contributed by atoms with Gasteiger partial charge in [-0.15, -0.1) is 0 Å². The van der Waals surface area contributed by atoms with Crippen LogP contribution >= 0.6 is 0 Å². The zero-order chi connectivity index (χ0) is 27.9. The lowest BCUT2D eigenvalue weighted by Crippen LogP contribution is -2.51. The molecular formula is C29H34FN3O4S. The fraction of sp³-hybridized carbons (Fsp3) is 0.310. The molecule has 1 atom stereocenters. The predicted molar refractivity (Wildman–Crippen MR) is 146 cm³/mol. The standard InChI is InChI=1S/C29H34FN3O4S/c1-21(2)18-31-29(35)23(4)32(19-24-13-15-25(30)16-14-24)28(34)20-33(26-10-8-9-22(3)17-26)38(36,37)27-11-6-5-7-12-27/h5-17,21,23H,18-20H2,1-4H3,(H,31,35). The molecule has 0 heterocycles. The van der Waals surface area contributed by atoms with E-state index in [9.17, 15) is 22.4 Å². The number of nitrogens with zero attached hydrogens (tertiary/aromatic N) is 2. The molecule has 3 aromatic carbocycles. The molecule has 3 rings (SSSR count). The Hall–Kier alpha value is -3.72. The number of hydrogen-bond acceptors (Lipinski definition) is 4. The maximum absolute atomic E-state index is 13.8. The van der Waals surface area contributed by atoms with Crippen LogP contribution in [0.25, 0.3) is 0 Å². The van der Waals surface area contributed by atoms with E-state index in [0.29, 0.717) is 17.8 Å². The van der Waals surface area contributed by atoms with E-state index in [1.807, 2.05) is 26.8 Å². The second-order valence-electron chi connectivity index (χ2n) is 9.63. The summed E-state index contributed by atoms with van der Waals surface area (Å²) in [5.74, 6) is -1.14. The fourth-order valence-electron chi connectivity index (χ4n) is 3.85. The average molecular weight is 540 g/mol. The normalized spacial score (nSPS) is 12.2. The van der Waals surface area contributed by atoms with Crippen molar-refractivity contribution >= 4 is 27.5 Å². The highest BCUT2D eigenvalue weighted by molar-refractivity contribution is 7.92. The second-order valence-corrected chi connectivity index (χ2v) is 11.5. The summed E-state index contributed by atoms with van der Waals surface area (Å²) in [7, 11) is -4.11. The van der Waals surface area contributed by atoms with Crippen molar-refractivity contribution in [3.8, 4) is 0 Å². The number of carbonyl (C=O) groups excluding carboxylic acids is 2. The van der Waals surface area contributed by atoms with Gasteiger partial charge in [-0.1, -0.05) is 56.3 Å². The topological polar surface area (TPSA) is 86.8 Å². The van der Waals surface area contributed by atoms with Gasteiger partial charge in [-0.2, -0.15) is 0 Å². The Balaban J connectivity index is 1.99. The Kier molecular flexibility index (Phi) is 9.63. The van der Waals surface area contributed by atoms with Gasteiger partial charge in [0.25, 0.3) is 10.0 Å². The average Bonchev–Trinajstić information content (AvgIpc) is 2.89. The Morgan fingerprint density at radius 1 is 0.921 bits per heavy atom. The second kappa shape index (κ2) is 12.7. The van der Waals surface area contributed by atoms with Gasteiger partial charge >= 0.3 is 0 Å². The van der Waals surface area contributed by atoms with Crippen LogP contribution < -0.4 is 9.62 Å². The molecule has 0 aliphatic carbocycles. The molecule has 202 valence electrons. The molecule has 0 aliphatic heterocycles. The largest absolute Gasteiger partial charge is 0.354 e. The summed E-state index contributed by atoms with van der Waals surface area (Å²) in [5.41, 5.74) is 1.77. The van der Waals surface area contributed by atoms with Crippen LogP contribution in [0.1, 0.15) is 31.9 Å². The summed E-state index contributed by atoms with van der Waals surface area (Å²) in [5, 5.41) is 2.84. The lowest BCUT2D eigenvalue weighted by molar-refractivity contribution is -0.139. The van der Waals surface area contributed by atoms with Gasteiger partial charge < -0.3 is 10.2 Å². The summed E-state index contributed by atoms with van der Waals surface area (Å²) in [4.78, 5) is 28.1. The Bertz CT molecular complexity index is 1350. The van der Waals surface area contributed by atoms with Crippen molar-refractivity contribution in [1.82, 2.24) is 10.2 Å². The minimum atomic E-state index is -4.11. The highest BCUT2D eigenvalue weighted by Crippen LogP contribution is 2.25. The molecule has 1 N–H and O–H groups in total. The summed E-state index contributed by atoms with van der Waals surface area (Å²) in [6.45, 7) is 7.26. The van der Waals surface area contributed by atoms with Gasteiger partial charge in [0.1, 0.15) is 18.4 Å². The first-order valence-corrected chi connectivity index (χ1v) is 13.9. The van der Waals surface area contributed by atoms with Crippen LogP contribution in [0, 0.1) is 18.7 Å². The van der Waals surface area contributed by atoms with Crippen molar-refractivity contribution < 1.29 is 22.4 Å². The van der Waals surface area contributed by atoms with Crippen molar-refractivity contribution in [3.63, 3.8) is 0 Å². The SMILES string of the molecule is Cc1cccc(N(CC(=O)N(Cc2ccc(F)cc2)C(C)C(=O)NCC(C)C)S(=O)(=O)c2ccccc2)c1. The number of sulfonamides is 1. The van der Waals surface area contributed by atoms with Gasteiger partial charge in [0.05, 0.1) is 10.6 Å². The van der Waals surface area contributed by atoms with E-state index < -0.39 is 34.3 Å². The van der Waals surface area contributed by atoms with E-state index in [2.05, 4.69) is 5.32 Å². The van der Waals surface area contributed by atoms with E-state index in [0.717, 1.165) is 9.87 Å². The molecule has 9 heteroatoms. The van der Waals surface area contributed by atoms with Crippen molar-refractivity contribution in [2.24, 2.45) is 5.92 Å². The number of nitrogens with one attached hydrogen (secondary N) is 1. The minimum Gasteiger partial charge on any atom is -0.354 e. The van der Waals surface area contributed by atoms with Gasteiger partial charge in [0, 0.05) is 13.1 Å². The van der Waals surface area contributed by atoms with E-state index in [-0.39, 0.29) is 23.3 Å². The summed E-state index contributed by atoms with van der Waals surface area (Å²) >= 11 is 0. The van der Waals surface area contributed by atoms with Gasteiger partial charge in [-0.3, -0.25) is 13.9 Å². The number of benzene rings is 3. The Morgan fingerprint density at radius 3 is 2.18 bits per heavy atom. The predicted octanol–water partition coefficient (Wildman–Crippen LogP) is 4.52. The summed E-state index contributed by atoms with van der Waals surface area (Å²) in [6, 6.07) is 19.5. The van der Waals surface area contributed by atoms with Crippen molar-refractivity contribution in [2.75, 3.05) is 17.4 Å². The zero-order valence-electron chi connectivity index (χ0n) is 22.1. The maximum atomic E-state index is 13.8. The molecule has 0 radical (unpaired) electrons. The van der Waals surface area contributed by atoms with E-state index in [1.54, 1.807) is 43.3 Å². The third-order valence-electron chi connectivity index (χ3n) is 6.02. The van der Waals surface area contributed by atoms with Crippen molar-refractivity contribution in [2.45, 2.75) is 45.2 Å². The smallest absolute Gasteiger partial charge is 0.264 e. The van der Waals surface area contributed by atoms with Gasteiger partial charge in [0.2, 0.25) is 11.8 Å². The quantitative estimate of drug-likeness (QED) is 0.388. The van der Waals surface area contributed by atoms with Gasteiger partial charge in [-0.25, -0.2) is 12.8 Å². The summed E-state index contributed by atoms with van der Waals surface area (Å²) < 4.78 is 42.0. The summed E-state index contributed by atoms with van der Waals surface area (Å²) in [6.07, 6.45) is 0. The fourth-order valence-corrected chi connectivity index (χ4v) is 5.28. The monoisotopic (exact) mass is 539 g/mol. The number of carbonyl (C=O) groups is 2. The first-order chi connectivity index (χ1) is 18.0. The van der Waals surface area contributed by atoms with E-state index in [4.69, 9.17) is 0 Å². The lowest BCUT2D eigenvalue weighted by Gasteiger charge is -2.32. The highest BCUT2D eigenvalue weighted by Gasteiger charge is 2.32. The van der Waals surface area contributed by atoms with Gasteiger partial charge in [-0.05, 0) is 67.3 Å². The van der Waals surface area contributed by atoms with Crippen LogP contribution in [0.15, 0.2) is 83.8 Å². The van der Waals surface area contributed by atoms with Crippen LogP contribution in [-0.2, 0) is 26.2 Å². The van der Waals surface area contributed by atoms with Crippen LogP contribution in [-0.4, -0.2) is 44.3 Å². The van der Waals surface area contributed by atoms with Crippen molar-refractivity contribution in [1.29, 1.82) is 0 Å². The first-order valence-electron chi connectivity index (χ1n) is 12.4. The lowest BCUT2D eigenvalue weighted by atomic mass is 10.1. The van der Waals surface area contributed by atoms with Crippen LogP contribution in [0.3, 0.4) is 0 Å². The van der Waals surface area contributed by atoms with E-state index >= 15 is 0 Å². The maximum Gasteiger partial charge on any atom is 0.264 e. The molecular weight excluding hydrogens is 505 g/mol. The first kappa shape index (κ1) is 28.8.